The molecule has 4 heteroatoms. The molecule has 0 bridgehead atoms. The summed E-state index contributed by atoms with van der Waals surface area (Å²) in [5.41, 5.74) is 7.52. The van der Waals surface area contributed by atoms with Crippen molar-refractivity contribution < 1.29 is 0 Å². The van der Waals surface area contributed by atoms with Crippen molar-refractivity contribution in [3.05, 3.63) is 63.6 Å². The molecule has 2 unspecified atom stereocenters. The van der Waals surface area contributed by atoms with E-state index in [0.29, 0.717) is 0 Å². The Balaban J connectivity index is 2.23. The molecule has 2 aromatic carbocycles. The van der Waals surface area contributed by atoms with Gasteiger partial charge >= 0.3 is 0 Å². The lowest BCUT2D eigenvalue weighted by atomic mass is 10.0. The fourth-order valence-electron chi connectivity index (χ4n) is 1.93. The van der Waals surface area contributed by atoms with E-state index < -0.39 is 0 Å². The minimum absolute atomic E-state index is 0.116. The maximum Gasteiger partial charge on any atom is 0.0495 e. The van der Waals surface area contributed by atoms with Gasteiger partial charge in [0.15, 0.2) is 0 Å². The molecule has 2 atom stereocenters. The Labute approximate surface area is 138 Å². The Kier molecular flexibility index (Phi) is 5.97. The van der Waals surface area contributed by atoms with Gasteiger partial charge in [-0.15, -0.1) is 11.8 Å². The molecule has 0 aliphatic heterocycles. The highest BCUT2D eigenvalue weighted by Gasteiger charge is 2.19. The molecule has 0 amide bonds. The first-order valence-corrected chi connectivity index (χ1v) is 8.58. The first kappa shape index (κ1) is 15.9. The maximum absolute atomic E-state index is 6.30. The molecule has 106 valence electrons. The van der Waals surface area contributed by atoms with E-state index in [2.05, 4.69) is 59.3 Å². The third-order valence-electron chi connectivity index (χ3n) is 3.14. The van der Waals surface area contributed by atoms with Gasteiger partial charge in [0, 0.05) is 25.7 Å². The van der Waals surface area contributed by atoms with Crippen LogP contribution in [0.4, 0.5) is 0 Å². The number of halogens is 2. The fourth-order valence-corrected chi connectivity index (χ4v) is 3.57. The van der Waals surface area contributed by atoms with Crippen LogP contribution in [0, 0.1) is 0 Å². The Morgan fingerprint density at radius 1 is 1.10 bits per heavy atom. The van der Waals surface area contributed by atoms with E-state index in [1.807, 2.05) is 12.1 Å². The van der Waals surface area contributed by atoms with Crippen LogP contribution in [0.2, 0.25) is 5.02 Å². The average molecular weight is 371 g/mol. The first-order valence-electron chi connectivity index (χ1n) is 6.53. The van der Waals surface area contributed by atoms with Gasteiger partial charge in [-0.1, -0.05) is 46.6 Å². The van der Waals surface area contributed by atoms with Crippen molar-refractivity contribution in [2.45, 2.75) is 29.5 Å². The second-order valence-electron chi connectivity index (χ2n) is 4.62. The molecule has 0 saturated heterocycles. The zero-order chi connectivity index (χ0) is 14.5. The van der Waals surface area contributed by atoms with Gasteiger partial charge in [0.1, 0.15) is 0 Å². The molecule has 0 aliphatic carbocycles. The highest BCUT2D eigenvalue weighted by Crippen LogP contribution is 2.38. The molecule has 1 nitrogen and oxygen atoms in total. The summed E-state index contributed by atoms with van der Waals surface area (Å²) in [6, 6.07) is 16.4. The molecule has 2 rings (SSSR count). The lowest BCUT2D eigenvalue weighted by molar-refractivity contribution is 0.634. The average Bonchev–Trinajstić information content (AvgIpc) is 2.47. The van der Waals surface area contributed by atoms with Crippen LogP contribution in [0.1, 0.15) is 24.2 Å². The van der Waals surface area contributed by atoms with Crippen LogP contribution in [0.25, 0.3) is 0 Å². The van der Waals surface area contributed by atoms with Crippen molar-refractivity contribution in [3.63, 3.8) is 0 Å². The third kappa shape index (κ3) is 4.26. The van der Waals surface area contributed by atoms with Gasteiger partial charge in [0.25, 0.3) is 0 Å². The zero-order valence-corrected chi connectivity index (χ0v) is 14.4. The Hall–Kier alpha value is -0.480. The van der Waals surface area contributed by atoms with Gasteiger partial charge in [-0.25, -0.2) is 0 Å². The van der Waals surface area contributed by atoms with Crippen LogP contribution in [0.5, 0.6) is 0 Å². The van der Waals surface area contributed by atoms with E-state index in [4.69, 9.17) is 17.3 Å². The Morgan fingerprint density at radius 3 is 2.25 bits per heavy atom. The molecule has 2 N–H and O–H groups in total. The number of thioether (sulfide) groups is 1. The molecule has 0 aliphatic rings. The van der Waals surface area contributed by atoms with Crippen molar-refractivity contribution in [3.8, 4) is 0 Å². The first-order chi connectivity index (χ1) is 9.60. The minimum atomic E-state index is 0.116. The molecule has 0 saturated carbocycles. The van der Waals surface area contributed by atoms with Gasteiger partial charge in [0.05, 0.1) is 0 Å². The number of nitrogens with two attached hydrogens (primary N) is 1. The molecule has 0 fully saturated rings. The van der Waals surface area contributed by atoms with E-state index in [-0.39, 0.29) is 11.3 Å². The molecule has 20 heavy (non-hydrogen) atoms. The van der Waals surface area contributed by atoms with Crippen molar-refractivity contribution >= 4 is 39.3 Å². The van der Waals surface area contributed by atoms with Crippen molar-refractivity contribution in [2.75, 3.05) is 0 Å². The largest absolute Gasteiger partial charge is 0.326 e. The van der Waals surface area contributed by atoms with Crippen LogP contribution >= 0.6 is 39.3 Å². The van der Waals surface area contributed by atoms with Gasteiger partial charge in [-0.05, 0) is 48.4 Å². The van der Waals surface area contributed by atoms with Crippen LogP contribution in [-0.4, -0.2) is 6.04 Å². The number of hydrogen-bond acceptors (Lipinski definition) is 2. The molecule has 0 radical (unpaired) electrons. The third-order valence-corrected chi connectivity index (χ3v) is 5.34. The SMILES string of the molecule is CCC(N)C(Sc1ccc(Br)cc1)c1ccc(Cl)cc1. The number of hydrogen-bond donors (Lipinski definition) is 1. The van der Waals surface area contributed by atoms with Crippen molar-refractivity contribution in [1.82, 2.24) is 0 Å². The molecular weight excluding hydrogens is 354 g/mol. The summed E-state index contributed by atoms with van der Waals surface area (Å²) < 4.78 is 1.09. The minimum Gasteiger partial charge on any atom is -0.326 e. The normalized spacial score (nSPS) is 14.0. The van der Waals surface area contributed by atoms with Crippen LogP contribution in [0.15, 0.2) is 57.9 Å². The number of benzene rings is 2. The van der Waals surface area contributed by atoms with Crippen LogP contribution < -0.4 is 5.73 Å². The standard InChI is InChI=1S/C16H17BrClNS/c1-2-15(19)16(11-3-7-13(18)8-4-11)20-14-9-5-12(17)6-10-14/h3-10,15-16H,2,19H2,1H3. The summed E-state index contributed by atoms with van der Waals surface area (Å²) >= 11 is 11.2. The highest BCUT2D eigenvalue weighted by atomic mass is 79.9. The van der Waals surface area contributed by atoms with Gasteiger partial charge in [-0.3, -0.25) is 0 Å². The van der Waals surface area contributed by atoms with Crippen LogP contribution in [-0.2, 0) is 0 Å². The van der Waals surface area contributed by atoms with E-state index >= 15 is 0 Å². The second-order valence-corrected chi connectivity index (χ2v) is 7.18. The molecule has 0 heterocycles. The van der Waals surface area contributed by atoms with Gasteiger partial charge in [-0.2, -0.15) is 0 Å². The topological polar surface area (TPSA) is 26.0 Å². The molecule has 0 aromatic heterocycles. The molecule has 2 aromatic rings. The summed E-state index contributed by atoms with van der Waals surface area (Å²) in [6.45, 7) is 2.12. The predicted molar refractivity (Wildman–Crippen MR) is 92.5 cm³/mol. The Bertz CT molecular complexity index is 541. The van der Waals surface area contributed by atoms with Gasteiger partial charge in [0.2, 0.25) is 0 Å². The van der Waals surface area contributed by atoms with Crippen molar-refractivity contribution in [2.24, 2.45) is 5.73 Å². The van der Waals surface area contributed by atoms with Gasteiger partial charge < -0.3 is 5.73 Å². The smallest absolute Gasteiger partial charge is 0.0495 e. The van der Waals surface area contributed by atoms with E-state index in [0.717, 1.165) is 15.9 Å². The summed E-state index contributed by atoms with van der Waals surface area (Å²) in [7, 11) is 0. The van der Waals surface area contributed by atoms with E-state index in [1.165, 1.54) is 10.5 Å². The molecule has 0 spiro atoms. The lowest BCUT2D eigenvalue weighted by Crippen LogP contribution is -2.25. The summed E-state index contributed by atoms with van der Waals surface area (Å²) in [5, 5.41) is 0.990. The zero-order valence-electron chi connectivity index (χ0n) is 11.2. The maximum atomic E-state index is 6.30. The van der Waals surface area contributed by atoms with E-state index in [9.17, 15) is 0 Å². The summed E-state index contributed by atoms with van der Waals surface area (Å²) in [4.78, 5) is 1.22. The predicted octanol–water partition coefficient (Wildman–Crippen LogP) is 5.67. The monoisotopic (exact) mass is 369 g/mol. The summed E-state index contributed by atoms with van der Waals surface area (Å²) in [6.07, 6.45) is 0.941. The number of rotatable bonds is 5. The highest BCUT2D eigenvalue weighted by molar-refractivity contribution is 9.10. The summed E-state index contributed by atoms with van der Waals surface area (Å²) in [5.74, 6) is 0. The second kappa shape index (κ2) is 7.51. The van der Waals surface area contributed by atoms with Crippen LogP contribution in [0.3, 0.4) is 0 Å². The molecular formula is C16H17BrClNS. The van der Waals surface area contributed by atoms with Crippen molar-refractivity contribution in [1.29, 1.82) is 0 Å². The quantitative estimate of drug-likeness (QED) is 0.686. The van der Waals surface area contributed by atoms with E-state index in [1.54, 1.807) is 11.8 Å². The lowest BCUT2D eigenvalue weighted by Gasteiger charge is -2.23. The Morgan fingerprint density at radius 2 is 1.70 bits per heavy atom. The fraction of sp³-hybridized carbons (Fsp3) is 0.250.